The second kappa shape index (κ2) is 7.53. The van der Waals surface area contributed by atoms with Gasteiger partial charge < -0.3 is 14.4 Å². The van der Waals surface area contributed by atoms with E-state index < -0.39 is 24.9 Å². The monoisotopic (exact) mass is 306 g/mol. The van der Waals surface area contributed by atoms with Crippen molar-refractivity contribution in [2.45, 2.75) is 31.7 Å². The lowest BCUT2D eigenvalue weighted by atomic mass is 9.93. The molecule has 1 aromatic heterocycles. The SMILES string of the molecule is CN(C(=O)OCOC(=O)c1cccnc1)C1CCCCC1=O. The normalized spacial score (nSPS) is 17.7. The standard InChI is InChI=1S/C15H18N2O5/c1-17(12-6-2-3-7-13(12)18)15(20)22-10-21-14(19)11-5-4-8-16-9-11/h4-5,8-9,12H,2-3,6-7,10H2,1H3. The summed E-state index contributed by atoms with van der Waals surface area (Å²) >= 11 is 0. The molecule has 0 bridgehead atoms. The van der Waals surface area contributed by atoms with E-state index in [4.69, 9.17) is 9.47 Å². The molecule has 7 heteroatoms. The number of carbonyl (C=O) groups is 3. The van der Waals surface area contributed by atoms with Crippen molar-refractivity contribution in [2.75, 3.05) is 13.8 Å². The number of aromatic nitrogens is 1. The van der Waals surface area contributed by atoms with Crippen LogP contribution in [0.2, 0.25) is 0 Å². The number of hydrogen-bond donors (Lipinski definition) is 0. The first kappa shape index (κ1) is 15.9. The first-order valence-electron chi connectivity index (χ1n) is 7.09. The van der Waals surface area contributed by atoms with Gasteiger partial charge in [-0.25, -0.2) is 9.59 Å². The van der Waals surface area contributed by atoms with E-state index in [1.165, 1.54) is 24.3 Å². The highest BCUT2D eigenvalue weighted by Crippen LogP contribution is 2.19. The van der Waals surface area contributed by atoms with Crippen molar-refractivity contribution in [1.82, 2.24) is 9.88 Å². The lowest BCUT2D eigenvalue weighted by molar-refractivity contribution is -0.125. The molecule has 1 saturated carbocycles. The fraction of sp³-hybridized carbons (Fsp3) is 0.467. The molecule has 0 radical (unpaired) electrons. The molecule has 1 aliphatic rings. The molecule has 1 heterocycles. The summed E-state index contributed by atoms with van der Waals surface area (Å²) in [6, 6.07) is 2.70. The third-order valence-electron chi connectivity index (χ3n) is 3.55. The van der Waals surface area contributed by atoms with Crippen molar-refractivity contribution >= 4 is 17.8 Å². The Morgan fingerprint density at radius 2 is 2.18 bits per heavy atom. The maximum atomic E-state index is 11.9. The predicted octanol–water partition coefficient (Wildman–Crippen LogP) is 1.78. The smallest absolute Gasteiger partial charge is 0.413 e. The van der Waals surface area contributed by atoms with Gasteiger partial charge in [0.05, 0.1) is 11.6 Å². The van der Waals surface area contributed by atoms with Crippen LogP contribution in [0.3, 0.4) is 0 Å². The number of ether oxygens (including phenoxy) is 2. The largest absolute Gasteiger partial charge is 0.424 e. The highest BCUT2D eigenvalue weighted by Gasteiger charge is 2.29. The lowest BCUT2D eigenvalue weighted by Crippen LogP contribution is -2.44. The second-order valence-electron chi connectivity index (χ2n) is 5.04. The zero-order valence-electron chi connectivity index (χ0n) is 12.4. The minimum absolute atomic E-state index is 0.0399. The van der Waals surface area contributed by atoms with Crippen molar-refractivity contribution in [3.8, 4) is 0 Å². The van der Waals surface area contributed by atoms with Crippen molar-refractivity contribution < 1.29 is 23.9 Å². The minimum atomic E-state index is -0.681. The molecule has 1 aromatic rings. The second-order valence-corrected chi connectivity index (χ2v) is 5.04. The average molecular weight is 306 g/mol. The number of hydrogen-bond acceptors (Lipinski definition) is 6. The molecule has 0 saturated heterocycles. The number of nitrogens with zero attached hydrogens (tertiary/aromatic N) is 2. The van der Waals surface area contributed by atoms with Gasteiger partial charge in [0.1, 0.15) is 0 Å². The van der Waals surface area contributed by atoms with E-state index in [1.54, 1.807) is 12.1 Å². The Balaban J connectivity index is 1.77. The predicted molar refractivity (Wildman–Crippen MR) is 76.0 cm³/mol. The highest BCUT2D eigenvalue weighted by atomic mass is 16.7. The van der Waals surface area contributed by atoms with Gasteiger partial charge in [-0.05, 0) is 25.0 Å². The fourth-order valence-electron chi connectivity index (χ4n) is 2.30. The first-order valence-corrected chi connectivity index (χ1v) is 7.09. The van der Waals surface area contributed by atoms with Crippen LogP contribution in [-0.4, -0.2) is 47.6 Å². The van der Waals surface area contributed by atoms with Gasteiger partial charge in [-0.15, -0.1) is 0 Å². The summed E-state index contributed by atoms with van der Waals surface area (Å²) < 4.78 is 9.70. The summed E-state index contributed by atoms with van der Waals surface area (Å²) in [5, 5.41) is 0. The van der Waals surface area contributed by atoms with Gasteiger partial charge in [0.15, 0.2) is 5.78 Å². The van der Waals surface area contributed by atoms with Gasteiger partial charge >= 0.3 is 12.1 Å². The van der Waals surface area contributed by atoms with E-state index in [9.17, 15) is 14.4 Å². The number of carbonyl (C=O) groups excluding carboxylic acids is 3. The zero-order chi connectivity index (χ0) is 15.9. The van der Waals surface area contributed by atoms with Crippen molar-refractivity contribution in [3.05, 3.63) is 30.1 Å². The molecule has 1 aliphatic carbocycles. The Morgan fingerprint density at radius 1 is 1.36 bits per heavy atom. The molecule has 0 spiro atoms. The number of Topliss-reactive ketones (excluding diaryl/α,β-unsaturated/α-hetero) is 1. The van der Waals surface area contributed by atoms with Crippen molar-refractivity contribution in [3.63, 3.8) is 0 Å². The van der Waals surface area contributed by atoms with Crippen LogP contribution in [0.25, 0.3) is 0 Å². The van der Waals surface area contributed by atoms with Crippen LogP contribution in [0.5, 0.6) is 0 Å². The van der Waals surface area contributed by atoms with E-state index in [-0.39, 0.29) is 11.3 Å². The maximum Gasteiger partial charge on any atom is 0.413 e. The Morgan fingerprint density at radius 3 is 2.86 bits per heavy atom. The van der Waals surface area contributed by atoms with E-state index >= 15 is 0 Å². The highest BCUT2D eigenvalue weighted by molar-refractivity contribution is 5.89. The van der Waals surface area contributed by atoms with Crippen LogP contribution in [0.1, 0.15) is 36.0 Å². The Hall–Kier alpha value is -2.44. The van der Waals surface area contributed by atoms with Gasteiger partial charge in [0.2, 0.25) is 6.79 Å². The third kappa shape index (κ3) is 4.03. The molecule has 0 aliphatic heterocycles. The molecule has 22 heavy (non-hydrogen) atoms. The van der Waals surface area contributed by atoms with Crippen LogP contribution in [0.4, 0.5) is 4.79 Å². The number of ketones is 1. The van der Waals surface area contributed by atoms with Crippen LogP contribution >= 0.6 is 0 Å². The summed E-state index contributed by atoms with van der Waals surface area (Å²) in [5.41, 5.74) is 0.273. The number of esters is 1. The van der Waals surface area contributed by atoms with E-state index in [0.717, 1.165) is 12.8 Å². The van der Waals surface area contributed by atoms with E-state index in [1.807, 2.05) is 0 Å². The van der Waals surface area contributed by atoms with Crippen LogP contribution in [0.15, 0.2) is 24.5 Å². The Kier molecular flexibility index (Phi) is 5.46. The van der Waals surface area contributed by atoms with Gasteiger partial charge in [-0.1, -0.05) is 6.42 Å². The molecular formula is C15H18N2O5. The Labute approximate surface area is 128 Å². The summed E-state index contributed by atoms with van der Waals surface area (Å²) in [7, 11) is 1.51. The zero-order valence-corrected chi connectivity index (χ0v) is 12.4. The molecule has 2 rings (SSSR count). The quantitative estimate of drug-likeness (QED) is 0.622. The molecule has 1 fully saturated rings. The number of likely N-dealkylation sites (N-methyl/N-ethyl adjacent to an activating group) is 1. The van der Waals surface area contributed by atoms with Crippen molar-refractivity contribution in [1.29, 1.82) is 0 Å². The minimum Gasteiger partial charge on any atom is -0.424 e. The molecule has 1 atom stereocenters. The van der Waals surface area contributed by atoms with Gasteiger partial charge in [0.25, 0.3) is 0 Å². The van der Waals surface area contributed by atoms with E-state index in [2.05, 4.69) is 4.98 Å². The van der Waals surface area contributed by atoms with Crippen LogP contribution in [-0.2, 0) is 14.3 Å². The summed E-state index contributed by atoms with van der Waals surface area (Å²) in [5.74, 6) is -0.588. The molecular weight excluding hydrogens is 288 g/mol. The van der Waals surface area contributed by atoms with Crippen LogP contribution in [0, 0.1) is 0 Å². The molecule has 1 amide bonds. The molecule has 0 N–H and O–H groups in total. The molecule has 7 nitrogen and oxygen atoms in total. The number of amides is 1. The lowest BCUT2D eigenvalue weighted by Gasteiger charge is -2.29. The van der Waals surface area contributed by atoms with E-state index in [0.29, 0.717) is 12.8 Å². The molecule has 118 valence electrons. The molecule has 0 aromatic carbocycles. The first-order chi connectivity index (χ1) is 10.6. The summed E-state index contributed by atoms with van der Waals surface area (Å²) in [6.07, 6.45) is 5.10. The van der Waals surface area contributed by atoms with Crippen molar-refractivity contribution in [2.24, 2.45) is 0 Å². The van der Waals surface area contributed by atoms with Gasteiger partial charge in [0, 0.05) is 25.9 Å². The van der Waals surface area contributed by atoms with Gasteiger partial charge in [-0.2, -0.15) is 0 Å². The molecule has 1 unspecified atom stereocenters. The third-order valence-corrected chi connectivity index (χ3v) is 3.55. The number of pyridine rings is 1. The summed E-state index contributed by atoms with van der Waals surface area (Å²) in [4.78, 5) is 40.3. The topological polar surface area (TPSA) is 85.8 Å². The Bertz CT molecular complexity index is 546. The van der Waals surface area contributed by atoms with Crippen LogP contribution < -0.4 is 0 Å². The maximum absolute atomic E-state index is 11.9. The average Bonchev–Trinajstić information content (AvgIpc) is 2.55. The van der Waals surface area contributed by atoms with Gasteiger partial charge in [-0.3, -0.25) is 9.78 Å². The summed E-state index contributed by atoms with van der Waals surface area (Å²) in [6.45, 7) is -0.502. The number of rotatable bonds is 4. The fourth-order valence-corrected chi connectivity index (χ4v) is 2.30.